The molecule has 1 rings (SSSR count). The average Bonchev–Trinajstić information content (AvgIpc) is 2.18. The van der Waals surface area contributed by atoms with E-state index in [1.165, 1.54) is 6.07 Å². The van der Waals surface area contributed by atoms with Gasteiger partial charge >= 0.3 is 6.09 Å². The van der Waals surface area contributed by atoms with Crippen LogP contribution in [0.25, 0.3) is 0 Å². The minimum absolute atomic E-state index is 0.107. The zero-order valence-electron chi connectivity index (χ0n) is 8.08. The highest BCUT2D eigenvalue weighted by Gasteiger charge is 2.07. The Morgan fingerprint density at radius 2 is 2.40 bits per heavy atom. The first-order valence-electron chi connectivity index (χ1n) is 4.30. The Hall–Kier alpha value is -2.09. The Bertz CT molecular complexity index is 412. The fourth-order valence-corrected chi connectivity index (χ4v) is 0.995. The molecule has 1 amide bonds. The van der Waals surface area contributed by atoms with Crippen LogP contribution in [0.2, 0.25) is 0 Å². The van der Waals surface area contributed by atoms with Gasteiger partial charge in [0.25, 0.3) is 0 Å². The molecule has 0 saturated heterocycles. The summed E-state index contributed by atoms with van der Waals surface area (Å²) < 4.78 is 17.4. The van der Waals surface area contributed by atoms with Gasteiger partial charge in [0.15, 0.2) is 0 Å². The largest absolute Gasteiger partial charge is 0.450 e. The van der Waals surface area contributed by atoms with Crippen LogP contribution in [-0.2, 0) is 4.74 Å². The number of nitriles is 1. The van der Waals surface area contributed by atoms with Crippen LogP contribution in [0, 0.1) is 17.1 Å². The average molecular weight is 208 g/mol. The summed E-state index contributed by atoms with van der Waals surface area (Å²) in [4.78, 5) is 11.0. The molecule has 78 valence electrons. The van der Waals surface area contributed by atoms with Gasteiger partial charge in [-0.2, -0.15) is 5.26 Å². The molecule has 15 heavy (non-hydrogen) atoms. The van der Waals surface area contributed by atoms with Crippen molar-refractivity contribution in [3.63, 3.8) is 0 Å². The summed E-state index contributed by atoms with van der Waals surface area (Å²) in [5.41, 5.74) is 0.292. The number of carbonyl (C=O) groups is 1. The molecule has 0 heterocycles. The lowest BCUT2D eigenvalue weighted by atomic mass is 10.2. The molecule has 0 aliphatic carbocycles. The van der Waals surface area contributed by atoms with Gasteiger partial charge in [0, 0.05) is 0 Å². The van der Waals surface area contributed by atoms with Crippen LogP contribution < -0.4 is 5.32 Å². The molecular weight excluding hydrogens is 199 g/mol. The predicted octanol–water partition coefficient (Wildman–Crippen LogP) is 2.27. The van der Waals surface area contributed by atoms with Crippen molar-refractivity contribution in [2.45, 2.75) is 6.92 Å². The molecule has 5 heteroatoms. The van der Waals surface area contributed by atoms with Crippen LogP contribution >= 0.6 is 0 Å². The molecule has 0 fully saturated rings. The number of hydrogen-bond donors (Lipinski definition) is 1. The highest BCUT2D eigenvalue weighted by atomic mass is 19.1. The number of anilines is 1. The molecule has 0 aliphatic heterocycles. The maximum atomic E-state index is 12.8. The SMILES string of the molecule is CCOC(=O)Nc1cc(F)ccc1C#N. The van der Waals surface area contributed by atoms with E-state index in [9.17, 15) is 9.18 Å². The van der Waals surface area contributed by atoms with E-state index in [1.54, 1.807) is 6.92 Å². The van der Waals surface area contributed by atoms with E-state index in [2.05, 4.69) is 10.1 Å². The summed E-state index contributed by atoms with van der Waals surface area (Å²) in [6.45, 7) is 1.86. The topological polar surface area (TPSA) is 62.1 Å². The second kappa shape index (κ2) is 4.96. The zero-order chi connectivity index (χ0) is 11.3. The van der Waals surface area contributed by atoms with Gasteiger partial charge in [0.05, 0.1) is 17.9 Å². The molecule has 4 nitrogen and oxygen atoms in total. The first kappa shape index (κ1) is 11.0. The highest BCUT2D eigenvalue weighted by molar-refractivity contribution is 5.86. The van der Waals surface area contributed by atoms with Crippen molar-refractivity contribution in [1.29, 1.82) is 5.26 Å². The van der Waals surface area contributed by atoms with Gasteiger partial charge in [-0.3, -0.25) is 5.32 Å². The van der Waals surface area contributed by atoms with E-state index in [4.69, 9.17) is 5.26 Å². The Balaban J connectivity index is 2.88. The molecule has 0 saturated carbocycles. The molecular formula is C10H9FN2O2. The van der Waals surface area contributed by atoms with Gasteiger partial charge in [-0.25, -0.2) is 9.18 Å². The third kappa shape index (κ3) is 2.95. The van der Waals surface area contributed by atoms with E-state index in [-0.39, 0.29) is 17.9 Å². The summed E-state index contributed by atoms with van der Waals surface area (Å²) >= 11 is 0. The first-order chi connectivity index (χ1) is 7.17. The number of rotatable bonds is 2. The van der Waals surface area contributed by atoms with Gasteiger partial charge in [0.2, 0.25) is 0 Å². The predicted molar refractivity (Wildman–Crippen MR) is 51.8 cm³/mol. The van der Waals surface area contributed by atoms with E-state index >= 15 is 0 Å². The fraction of sp³-hybridized carbons (Fsp3) is 0.200. The highest BCUT2D eigenvalue weighted by Crippen LogP contribution is 2.16. The lowest BCUT2D eigenvalue weighted by Gasteiger charge is -2.06. The Labute approximate surface area is 86.3 Å². The Morgan fingerprint density at radius 3 is 3.00 bits per heavy atom. The summed E-state index contributed by atoms with van der Waals surface area (Å²) in [5, 5.41) is 11.0. The summed E-state index contributed by atoms with van der Waals surface area (Å²) in [6.07, 6.45) is -0.709. The number of nitrogens with zero attached hydrogens (tertiary/aromatic N) is 1. The molecule has 1 aromatic carbocycles. The molecule has 0 atom stereocenters. The van der Waals surface area contributed by atoms with Gasteiger partial charge in [-0.05, 0) is 25.1 Å². The van der Waals surface area contributed by atoms with Crippen LogP contribution in [0.5, 0.6) is 0 Å². The molecule has 0 radical (unpaired) electrons. The second-order valence-corrected chi connectivity index (χ2v) is 2.65. The number of benzene rings is 1. The van der Waals surface area contributed by atoms with E-state index in [1.807, 2.05) is 6.07 Å². The molecule has 0 aromatic heterocycles. The zero-order valence-corrected chi connectivity index (χ0v) is 8.08. The minimum Gasteiger partial charge on any atom is -0.450 e. The molecule has 1 aromatic rings. The number of carbonyl (C=O) groups excluding carboxylic acids is 1. The lowest BCUT2D eigenvalue weighted by molar-refractivity contribution is 0.168. The van der Waals surface area contributed by atoms with E-state index in [0.717, 1.165) is 12.1 Å². The maximum absolute atomic E-state index is 12.8. The van der Waals surface area contributed by atoms with Gasteiger partial charge in [-0.1, -0.05) is 0 Å². The van der Waals surface area contributed by atoms with Crippen LogP contribution in [-0.4, -0.2) is 12.7 Å². The quantitative estimate of drug-likeness (QED) is 0.810. The molecule has 1 N–H and O–H groups in total. The number of hydrogen-bond acceptors (Lipinski definition) is 3. The van der Waals surface area contributed by atoms with Crippen LogP contribution in [0.4, 0.5) is 14.9 Å². The summed E-state index contributed by atoms with van der Waals surface area (Å²) in [7, 11) is 0. The second-order valence-electron chi connectivity index (χ2n) is 2.65. The maximum Gasteiger partial charge on any atom is 0.411 e. The molecule has 0 unspecified atom stereocenters. The van der Waals surface area contributed by atoms with Crippen molar-refractivity contribution in [3.05, 3.63) is 29.6 Å². The van der Waals surface area contributed by atoms with Gasteiger partial charge < -0.3 is 4.74 Å². The number of amides is 1. The number of ether oxygens (including phenoxy) is 1. The standard InChI is InChI=1S/C10H9FN2O2/c1-2-15-10(14)13-9-5-8(11)4-3-7(9)6-12/h3-5H,2H2,1H3,(H,13,14). The molecule has 0 aliphatic rings. The first-order valence-corrected chi connectivity index (χ1v) is 4.30. The van der Waals surface area contributed by atoms with Crippen molar-refractivity contribution in [2.24, 2.45) is 0 Å². The normalized spacial score (nSPS) is 9.13. The van der Waals surface area contributed by atoms with Crippen molar-refractivity contribution >= 4 is 11.8 Å². The lowest BCUT2D eigenvalue weighted by Crippen LogP contribution is -2.14. The Morgan fingerprint density at radius 1 is 1.67 bits per heavy atom. The third-order valence-corrected chi connectivity index (χ3v) is 1.61. The Kier molecular flexibility index (Phi) is 3.63. The van der Waals surface area contributed by atoms with Crippen LogP contribution in [0.15, 0.2) is 18.2 Å². The van der Waals surface area contributed by atoms with E-state index < -0.39 is 11.9 Å². The van der Waals surface area contributed by atoms with Crippen molar-refractivity contribution in [1.82, 2.24) is 0 Å². The molecule has 0 spiro atoms. The number of nitrogens with one attached hydrogen (secondary N) is 1. The van der Waals surface area contributed by atoms with E-state index in [0.29, 0.717) is 0 Å². The van der Waals surface area contributed by atoms with Crippen molar-refractivity contribution < 1.29 is 13.9 Å². The van der Waals surface area contributed by atoms with Crippen molar-refractivity contribution in [3.8, 4) is 6.07 Å². The van der Waals surface area contributed by atoms with Gasteiger partial charge in [0.1, 0.15) is 11.9 Å². The summed E-state index contributed by atoms with van der Waals surface area (Å²) in [5.74, 6) is -0.527. The van der Waals surface area contributed by atoms with Crippen LogP contribution in [0.3, 0.4) is 0 Å². The van der Waals surface area contributed by atoms with Crippen LogP contribution in [0.1, 0.15) is 12.5 Å². The van der Waals surface area contributed by atoms with Gasteiger partial charge in [-0.15, -0.1) is 0 Å². The smallest absolute Gasteiger partial charge is 0.411 e. The summed E-state index contributed by atoms with van der Waals surface area (Å²) in [6, 6.07) is 5.33. The molecule has 0 bridgehead atoms. The fourth-order valence-electron chi connectivity index (χ4n) is 0.995. The number of halogens is 1. The third-order valence-electron chi connectivity index (χ3n) is 1.61. The monoisotopic (exact) mass is 208 g/mol. The van der Waals surface area contributed by atoms with Crippen molar-refractivity contribution in [2.75, 3.05) is 11.9 Å². The minimum atomic E-state index is -0.709.